The molecule has 1 atom stereocenters. The lowest BCUT2D eigenvalue weighted by atomic mass is 10.1. The Bertz CT molecular complexity index is 281. The zero-order chi connectivity index (χ0) is 9.80. The molecule has 2 rings (SSSR count). The Kier molecular flexibility index (Phi) is 3.50. The van der Waals surface area contributed by atoms with Crippen molar-refractivity contribution >= 4 is 11.3 Å². The minimum absolute atomic E-state index is 0.299. The summed E-state index contributed by atoms with van der Waals surface area (Å²) in [6, 6.07) is 0. The third-order valence-electron chi connectivity index (χ3n) is 2.43. The average molecular weight is 212 g/mol. The van der Waals surface area contributed by atoms with Crippen molar-refractivity contribution in [2.24, 2.45) is 5.73 Å². The number of thiazole rings is 1. The van der Waals surface area contributed by atoms with E-state index in [9.17, 15) is 0 Å². The monoisotopic (exact) mass is 212 g/mol. The summed E-state index contributed by atoms with van der Waals surface area (Å²) in [5.41, 5.74) is 5.48. The molecule has 0 saturated carbocycles. The minimum atomic E-state index is 0.299. The van der Waals surface area contributed by atoms with Crippen LogP contribution in [0.2, 0.25) is 0 Å². The number of ether oxygens (including phenoxy) is 1. The predicted octanol–water partition coefficient (Wildman–Crippen LogP) is 1.89. The molecule has 0 bridgehead atoms. The van der Waals surface area contributed by atoms with Gasteiger partial charge in [0.25, 0.3) is 0 Å². The normalized spacial score (nSPS) is 22.5. The van der Waals surface area contributed by atoms with Crippen LogP contribution in [0.1, 0.15) is 35.3 Å². The van der Waals surface area contributed by atoms with E-state index < -0.39 is 0 Å². The van der Waals surface area contributed by atoms with E-state index in [1.54, 1.807) is 11.3 Å². The Balaban J connectivity index is 2.00. The van der Waals surface area contributed by atoms with Gasteiger partial charge in [-0.1, -0.05) is 0 Å². The van der Waals surface area contributed by atoms with E-state index in [-0.39, 0.29) is 0 Å². The Labute approximate surface area is 88.3 Å². The fourth-order valence-electron chi connectivity index (χ4n) is 1.68. The molecule has 1 fully saturated rings. The largest absolute Gasteiger partial charge is 0.373 e. The number of rotatable bonds is 3. The van der Waals surface area contributed by atoms with Crippen LogP contribution in [0.15, 0.2) is 6.20 Å². The molecule has 14 heavy (non-hydrogen) atoms. The molecule has 0 amide bonds. The van der Waals surface area contributed by atoms with Gasteiger partial charge in [0.1, 0.15) is 0 Å². The number of nitrogens with two attached hydrogens (primary N) is 1. The molecule has 0 radical (unpaired) electrons. The van der Waals surface area contributed by atoms with E-state index in [4.69, 9.17) is 10.5 Å². The molecule has 78 valence electrons. The van der Waals surface area contributed by atoms with Gasteiger partial charge in [-0.15, -0.1) is 11.3 Å². The van der Waals surface area contributed by atoms with Crippen LogP contribution >= 0.6 is 11.3 Å². The molecule has 1 aliphatic heterocycles. The quantitative estimate of drug-likeness (QED) is 0.832. The topological polar surface area (TPSA) is 48.1 Å². The standard InChI is InChI=1S/C10H16N2OS/c11-5-4-10-12-7-9(14-10)8-3-1-2-6-13-8/h7-8H,1-6,11H2. The molecule has 1 aromatic rings. The summed E-state index contributed by atoms with van der Waals surface area (Å²) in [4.78, 5) is 5.61. The zero-order valence-corrected chi connectivity index (χ0v) is 9.05. The molecule has 1 unspecified atom stereocenters. The Hall–Kier alpha value is -0.450. The summed E-state index contributed by atoms with van der Waals surface area (Å²) in [6.45, 7) is 1.58. The van der Waals surface area contributed by atoms with E-state index in [0.717, 1.165) is 24.5 Å². The van der Waals surface area contributed by atoms with Crippen LogP contribution in [0.3, 0.4) is 0 Å². The number of nitrogens with zero attached hydrogens (tertiary/aromatic N) is 1. The Morgan fingerprint density at radius 3 is 3.21 bits per heavy atom. The van der Waals surface area contributed by atoms with E-state index in [0.29, 0.717) is 12.6 Å². The molecule has 3 nitrogen and oxygen atoms in total. The van der Waals surface area contributed by atoms with E-state index in [1.807, 2.05) is 6.20 Å². The second-order valence-corrected chi connectivity index (χ2v) is 4.70. The first kappa shape index (κ1) is 10.1. The molecule has 1 aromatic heterocycles. The zero-order valence-electron chi connectivity index (χ0n) is 8.24. The first-order valence-electron chi connectivity index (χ1n) is 5.16. The lowest BCUT2D eigenvalue weighted by Gasteiger charge is -2.20. The van der Waals surface area contributed by atoms with Gasteiger partial charge in [-0.25, -0.2) is 4.98 Å². The Morgan fingerprint density at radius 1 is 1.57 bits per heavy atom. The molecule has 1 saturated heterocycles. The maximum absolute atomic E-state index is 5.69. The van der Waals surface area contributed by atoms with Gasteiger partial charge in [0.05, 0.1) is 16.0 Å². The number of hydrogen-bond acceptors (Lipinski definition) is 4. The highest BCUT2D eigenvalue weighted by Crippen LogP contribution is 2.31. The SMILES string of the molecule is NCCc1ncc(C2CCCCO2)s1. The molecular weight excluding hydrogens is 196 g/mol. The molecule has 0 aliphatic carbocycles. The molecule has 2 heterocycles. The summed E-state index contributed by atoms with van der Waals surface area (Å²) in [7, 11) is 0. The highest BCUT2D eigenvalue weighted by molar-refractivity contribution is 7.11. The van der Waals surface area contributed by atoms with Gasteiger partial charge in [0.15, 0.2) is 0 Å². The predicted molar refractivity (Wildman–Crippen MR) is 57.4 cm³/mol. The van der Waals surface area contributed by atoms with Gasteiger partial charge in [-0.3, -0.25) is 0 Å². The fourth-order valence-corrected chi connectivity index (χ4v) is 2.70. The van der Waals surface area contributed by atoms with Crippen molar-refractivity contribution in [3.8, 4) is 0 Å². The highest BCUT2D eigenvalue weighted by atomic mass is 32.1. The van der Waals surface area contributed by atoms with Crippen molar-refractivity contribution in [1.82, 2.24) is 4.98 Å². The van der Waals surface area contributed by atoms with Crippen LogP contribution in [-0.4, -0.2) is 18.1 Å². The second-order valence-electron chi connectivity index (χ2n) is 3.55. The summed E-state index contributed by atoms with van der Waals surface area (Å²) in [5.74, 6) is 0. The van der Waals surface area contributed by atoms with Crippen LogP contribution in [-0.2, 0) is 11.2 Å². The summed E-state index contributed by atoms with van der Waals surface area (Å²) < 4.78 is 5.69. The maximum atomic E-state index is 5.69. The first-order chi connectivity index (χ1) is 6.90. The molecule has 2 N–H and O–H groups in total. The fraction of sp³-hybridized carbons (Fsp3) is 0.700. The van der Waals surface area contributed by atoms with Crippen LogP contribution in [0.25, 0.3) is 0 Å². The maximum Gasteiger partial charge on any atom is 0.0941 e. The van der Waals surface area contributed by atoms with Gasteiger partial charge in [0.2, 0.25) is 0 Å². The number of aromatic nitrogens is 1. The van der Waals surface area contributed by atoms with Gasteiger partial charge in [-0.2, -0.15) is 0 Å². The second kappa shape index (κ2) is 4.87. The van der Waals surface area contributed by atoms with E-state index >= 15 is 0 Å². The van der Waals surface area contributed by atoms with Crippen molar-refractivity contribution in [3.05, 3.63) is 16.1 Å². The van der Waals surface area contributed by atoms with Crippen molar-refractivity contribution in [3.63, 3.8) is 0 Å². The third kappa shape index (κ3) is 2.32. The lowest BCUT2D eigenvalue weighted by molar-refractivity contribution is 0.0171. The van der Waals surface area contributed by atoms with Crippen molar-refractivity contribution in [2.45, 2.75) is 31.8 Å². The third-order valence-corrected chi connectivity index (χ3v) is 3.58. The molecule has 0 spiro atoms. The molecular formula is C10H16N2OS. The summed E-state index contributed by atoms with van der Waals surface area (Å²) in [6.07, 6.45) is 6.75. The summed E-state index contributed by atoms with van der Waals surface area (Å²) >= 11 is 1.75. The lowest BCUT2D eigenvalue weighted by Crippen LogP contribution is -2.09. The Morgan fingerprint density at radius 2 is 2.50 bits per heavy atom. The van der Waals surface area contributed by atoms with Crippen molar-refractivity contribution in [1.29, 1.82) is 0 Å². The summed E-state index contributed by atoms with van der Waals surface area (Å²) in [5, 5.41) is 1.14. The van der Waals surface area contributed by atoms with Crippen molar-refractivity contribution in [2.75, 3.05) is 13.2 Å². The van der Waals surface area contributed by atoms with E-state index in [1.165, 1.54) is 17.7 Å². The van der Waals surface area contributed by atoms with Crippen LogP contribution in [0.5, 0.6) is 0 Å². The van der Waals surface area contributed by atoms with Crippen LogP contribution in [0.4, 0.5) is 0 Å². The van der Waals surface area contributed by atoms with Crippen molar-refractivity contribution < 1.29 is 4.74 Å². The van der Waals surface area contributed by atoms with Gasteiger partial charge in [-0.05, 0) is 25.8 Å². The van der Waals surface area contributed by atoms with Crippen LogP contribution < -0.4 is 5.73 Å². The average Bonchev–Trinajstić information content (AvgIpc) is 2.68. The van der Waals surface area contributed by atoms with Gasteiger partial charge >= 0.3 is 0 Å². The van der Waals surface area contributed by atoms with Gasteiger partial charge in [0, 0.05) is 19.2 Å². The van der Waals surface area contributed by atoms with Crippen LogP contribution in [0, 0.1) is 0 Å². The van der Waals surface area contributed by atoms with E-state index in [2.05, 4.69) is 4.98 Å². The number of hydrogen-bond donors (Lipinski definition) is 1. The smallest absolute Gasteiger partial charge is 0.0941 e. The highest BCUT2D eigenvalue weighted by Gasteiger charge is 2.18. The molecule has 4 heteroatoms. The molecule has 1 aliphatic rings. The molecule has 0 aromatic carbocycles. The van der Waals surface area contributed by atoms with Gasteiger partial charge < -0.3 is 10.5 Å². The first-order valence-corrected chi connectivity index (χ1v) is 5.98. The minimum Gasteiger partial charge on any atom is -0.373 e.